The molecule has 0 saturated carbocycles. The van der Waals surface area contributed by atoms with Crippen molar-refractivity contribution in [2.24, 2.45) is 5.92 Å². The number of nitrogens with zero attached hydrogens (tertiary/aromatic N) is 2. The highest BCUT2D eigenvalue weighted by Crippen LogP contribution is 2.27. The molecule has 25 heavy (non-hydrogen) atoms. The predicted octanol–water partition coefficient (Wildman–Crippen LogP) is 4.07. The highest BCUT2D eigenvalue weighted by Gasteiger charge is 2.32. The maximum atomic E-state index is 13.4. The first-order valence-electron chi connectivity index (χ1n) is 9.17. The fraction of sp³-hybridized carbons (Fsp3) is 0.632. The van der Waals surface area contributed by atoms with Gasteiger partial charge in [0, 0.05) is 17.6 Å². The molecule has 1 unspecified atom stereocenters. The van der Waals surface area contributed by atoms with Crippen molar-refractivity contribution in [2.75, 3.05) is 32.7 Å². The van der Waals surface area contributed by atoms with Gasteiger partial charge in [0.05, 0.1) is 6.54 Å². The van der Waals surface area contributed by atoms with Crippen molar-refractivity contribution >= 4 is 22.0 Å². The van der Waals surface area contributed by atoms with Gasteiger partial charge in [-0.15, -0.1) is 0 Å². The smallest absolute Gasteiger partial charge is 0.410 e. The fourth-order valence-electron chi connectivity index (χ4n) is 3.79. The zero-order valence-corrected chi connectivity index (χ0v) is 16.3. The molecule has 0 N–H and O–H groups in total. The minimum absolute atomic E-state index is 0.00652. The Morgan fingerprint density at radius 3 is 2.80 bits per heavy atom. The van der Waals surface area contributed by atoms with E-state index >= 15 is 0 Å². The topological polar surface area (TPSA) is 32.8 Å². The Labute approximate surface area is 157 Å². The lowest BCUT2D eigenvalue weighted by molar-refractivity contribution is 0.0904. The van der Waals surface area contributed by atoms with Crippen LogP contribution in [0.3, 0.4) is 0 Å². The molecule has 6 heteroatoms. The van der Waals surface area contributed by atoms with Crippen LogP contribution in [0.15, 0.2) is 22.7 Å². The molecule has 1 aromatic rings. The largest absolute Gasteiger partial charge is 0.443 e. The number of ether oxygens (including phenoxy) is 1. The van der Waals surface area contributed by atoms with Crippen molar-refractivity contribution in [1.82, 2.24) is 9.80 Å². The number of amides is 1. The van der Waals surface area contributed by atoms with Gasteiger partial charge in [0.2, 0.25) is 0 Å². The number of piperidine rings is 1. The van der Waals surface area contributed by atoms with Crippen molar-refractivity contribution in [3.05, 3.63) is 34.1 Å². The van der Waals surface area contributed by atoms with Gasteiger partial charge in [-0.2, -0.15) is 0 Å². The molecule has 1 aromatic carbocycles. The third-order valence-corrected chi connectivity index (χ3v) is 5.90. The Balaban J connectivity index is 1.45. The molecule has 0 aromatic heterocycles. The van der Waals surface area contributed by atoms with Crippen LogP contribution >= 0.6 is 15.9 Å². The summed E-state index contributed by atoms with van der Waals surface area (Å²) in [5, 5.41) is 0. The minimum atomic E-state index is -0.171. The highest BCUT2D eigenvalue weighted by atomic mass is 79.9. The van der Waals surface area contributed by atoms with E-state index in [4.69, 9.17) is 4.74 Å². The summed E-state index contributed by atoms with van der Waals surface area (Å²) in [6, 6.07) is 4.91. The number of carbonyl (C=O) groups excluding carboxylic acids is 1. The minimum Gasteiger partial charge on any atom is -0.443 e. The molecule has 2 aliphatic rings. The van der Waals surface area contributed by atoms with Gasteiger partial charge in [-0.1, -0.05) is 22.9 Å². The number of cyclic esters (lactones) is 1. The van der Waals surface area contributed by atoms with Crippen molar-refractivity contribution in [3.63, 3.8) is 0 Å². The average molecular weight is 413 g/mol. The van der Waals surface area contributed by atoms with E-state index < -0.39 is 0 Å². The first-order valence-corrected chi connectivity index (χ1v) is 9.96. The summed E-state index contributed by atoms with van der Waals surface area (Å²) in [4.78, 5) is 16.0. The van der Waals surface area contributed by atoms with Crippen molar-refractivity contribution in [1.29, 1.82) is 0 Å². The molecule has 4 nitrogen and oxygen atoms in total. The van der Waals surface area contributed by atoms with Crippen LogP contribution in [-0.4, -0.2) is 54.7 Å². The van der Waals surface area contributed by atoms with E-state index in [1.165, 1.54) is 6.07 Å². The number of hydrogen-bond acceptors (Lipinski definition) is 3. The highest BCUT2D eigenvalue weighted by molar-refractivity contribution is 9.10. The maximum Gasteiger partial charge on any atom is 0.410 e. The second kappa shape index (κ2) is 8.49. The Kier molecular flexibility index (Phi) is 6.34. The quantitative estimate of drug-likeness (QED) is 0.705. The molecule has 2 fully saturated rings. The lowest BCUT2D eigenvalue weighted by Gasteiger charge is -2.33. The van der Waals surface area contributed by atoms with Crippen LogP contribution in [0.4, 0.5) is 9.18 Å². The van der Waals surface area contributed by atoms with Crippen LogP contribution in [0.5, 0.6) is 0 Å². The summed E-state index contributed by atoms with van der Waals surface area (Å²) in [5.41, 5.74) is 1.05. The van der Waals surface area contributed by atoms with E-state index in [0.717, 1.165) is 61.9 Å². The number of rotatable bonds is 6. The molecule has 2 saturated heterocycles. The van der Waals surface area contributed by atoms with Crippen molar-refractivity contribution in [3.8, 4) is 0 Å². The van der Waals surface area contributed by atoms with Gasteiger partial charge in [0.1, 0.15) is 11.9 Å². The Bertz CT molecular complexity index is 605. The lowest BCUT2D eigenvalue weighted by atomic mass is 9.90. The summed E-state index contributed by atoms with van der Waals surface area (Å²) in [7, 11) is 0. The number of carbonyl (C=O) groups is 1. The van der Waals surface area contributed by atoms with Gasteiger partial charge in [-0.05, 0) is 68.5 Å². The zero-order valence-electron chi connectivity index (χ0n) is 14.7. The average Bonchev–Trinajstić information content (AvgIpc) is 2.93. The third-order valence-electron chi connectivity index (χ3n) is 5.13. The van der Waals surface area contributed by atoms with Gasteiger partial charge < -0.3 is 9.64 Å². The molecule has 2 aliphatic heterocycles. The van der Waals surface area contributed by atoms with Crippen LogP contribution in [0, 0.1) is 11.7 Å². The van der Waals surface area contributed by atoms with Crippen LogP contribution in [0.1, 0.15) is 31.7 Å². The van der Waals surface area contributed by atoms with Crippen LogP contribution in [-0.2, 0) is 11.2 Å². The fourth-order valence-corrected chi connectivity index (χ4v) is 4.20. The summed E-state index contributed by atoms with van der Waals surface area (Å²) >= 11 is 3.52. The first-order chi connectivity index (χ1) is 12.0. The standard InChI is InChI=1S/C19H26BrFN2O2/c1-2-7-23-13-17(25-19(23)24)12-22-8-5-14(6-9-22)10-15-11-16(21)3-4-18(15)20/h3-4,11,14,17H,2,5-10,12-13H2,1H3. The van der Waals surface area contributed by atoms with E-state index in [1.807, 2.05) is 0 Å². The molecule has 3 rings (SSSR count). The van der Waals surface area contributed by atoms with E-state index in [2.05, 4.69) is 27.8 Å². The number of halogens is 2. The SMILES string of the molecule is CCCN1CC(CN2CCC(Cc3cc(F)ccc3Br)CC2)OC1=O. The van der Waals surface area contributed by atoms with Crippen molar-refractivity contribution in [2.45, 2.75) is 38.7 Å². The molecule has 0 spiro atoms. The van der Waals surface area contributed by atoms with Gasteiger partial charge in [0.25, 0.3) is 0 Å². The van der Waals surface area contributed by atoms with Gasteiger partial charge >= 0.3 is 6.09 Å². The molecule has 0 aliphatic carbocycles. The normalized spacial score (nSPS) is 22.4. The van der Waals surface area contributed by atoms with E-state index in [9.17, 15) is 9.18 Å². The van der Waals surface area contributed by atoms with Crippen LogP contribution < -0.4 is 0 Å². The van der Waals surface area contributed by atoms with Gasteiger partial charge in [0.15, 0.2) is 0 Å². The second-order valence-electron chi connectivity index (χ2n) is 7.14. The number of likely N-dealkylation sites (tertiary alicyclic amines) is 1. The van der Waals surface area contributed by atoms with Gasteiger partial charge in [-0.3, -0.25) is 4.90 Å². The third kappa shape index (κ3) is 4.94. The monoisotopic (exact) mass is 412 g/mol. The van der Waals surface area contributed by atoms with Crippen LogP contribution in [0.2, 0.25) is 0 Å². The van der Waals surface area contributed by atoms with E-state index in [1.54, 1.807) is 17.0 Å². The van der Waals surface area contributed by atoms with E-state index in [-0.39, 0.29) is 18.0 Å². The number of hydrogen-bond donors (Lipinski definition) is 0. The maximum absolute atomic E-state index is 13.4. The molecule has 1 atom stereocenters. The second-order valence-corrected chi connectivity index (χ2v) is 7.99. The Morgan fingerprint density at radius 2 is 2.08 bits per heavy atom. The predicted molar refractivity (Wildman–Crippen MR) is 99.1 cm³/mol. The number of benzene rings is 1. The molecule has 0 bridgehead atoms. The molecule has 2 heterocycles. The Hall–Kier alpha value is -1.14. The molecular weight excluding hydrogens is 387 g/mol. The molecular formula is C19H26BrFN2O2. The summed E-state index contributed by atoms with van der Waals surface area (Å²) in [6.07, 6.45) is 3.90. The molecule has 1 amide bonds. The van der Waals surface area contributed by atoms with E-state index in [0.29, 0.717) is 12.5 Å². The van der Waals surface area contributed by atoms with Crippen LogP contribution in [0.25, 0.3) is 0 Å². The van der Waals surface area contributed by atoms with Gasteiger partial charge in [-0.25, -0.2) is 9.18 Å². The molecule has 0 radical (unpaired) electrons. The summed E-state index contributed by atoms with van der Waals surface area (Å²) < 4.78 is 19.9. The van der Waals surface area contributed by atoms with Crippen molar-refractivity contribution < 1.29 is 13.9 Å². The molecule has 138 valence electrons. The lowest BCUT2D eigenvalue weighted by Crippen LogP contribution is -2.40. The first kappa shape index (κ1) is 18.6. The zero-order chi connectivity index (χ0) is 17.8. The summed E-state index contributed by atoms with van der Waals surface area (Å²) in [5.74, 6) is 0.410. The summed E-state index contributed by atoms with van der Waals surface area (Å²) in [6.45, 7) is 6.41. The Morgan fingerprint density at radius 1 is 1.32 bits per heavy atom.